The van der Waals surface area contributed by atoms with E-state index in [-0.39, 0.29) is 29.4 Å². The van der Waals surface area contributed by atoms with Crippen LogP contribution in [0.4, 0.5) is 0 Å². The van der Waals surface area contributed by atoms with Gasteiger partial charge in [0.05, 0.1) is 21.7 Å². The first-order valence-electron chi connectivity index (χ1n) is 7.99. The number of primary sulfonamides is 1. The largest absolute Gasteiger partial charge is 0.465 e. The molecule has 2 N–H and O–H groups in total. The molecule has 2 heterocycles. The van der Waals surface area contributed by atoms with Gasteiger partial charge >= 0.3 is 5.97 Å². The highest BCUT2D eigenvalue weighted by molar-refractivity contribution is 7.89. The number of ether oxygens (including phenoxy) is 1. The maximum atomic E-state index is 12.3. The van der Waals surface area contributed by atoms with Gasteiger partial charge in [-0.1, -0.05) is 11.3 Å². The Hall–Kier alpha value is -2.90. The quantitative estimate of drug-likeness (QED) is 0.530. The van der Waals surface area contributed by atoms with Gasteiger partial charge in [-0.05, 0) is 25.1 Å². The van der Waals surface area contributed by atoms with Crippen LogP contribution >= 0.6 is 11.3 Å². The van der Waals surface area contributed by atoms with Gasteiger partial charge in [0.15, 0.2) is 4.80 Å². The van der Waals surface area contributed by atoms with Gasteiger partial charge in [-0.2, -0.15) is 10.1 Å². The lowest BCUT2D eigenvalue weighted by molar-refractivity contribution is -0.143. The Balaban J connectivity index is 2.08. The molecule has 13 heteroatoms. The van der Waals surface area contributed by atoms with E-state index in [0.29, 0.717) is 10.2 Å². The molecule has 0 aliphatic carbocycles. The number of hydrogen-bond donors (Lipinski definition) is 1. The first kappa shape index (κ1) is 19.9. The van der Waals surface area contributed by atoms with Crippen LogP contribution in [0.5, 0.6) is 0 Å². The summed E-state index contributed by atoms with van der Waals surface area (Å²) in [6.07, 6.45) is 2.67. The predicted octanol–water partition coefficient (Wildman–Crippen LogP) is -0.368. The molecular formula is C15H16N6O5S2. The molecule has 0 radical (unpaired) electrons. The minimum Gasteiger partial charge on any atom is -0.465 e. The summed E-state index contributed by atoms with van der Waals surface area (Å²) in [7, 11) is -3.90. The van der Waals surface area contributed by atoms with Crippen LogP contribution in [0, 0.1) is 0 Å². The Morgan fingerprint density at radius 3 is 2.75 bits per heavy atom. The normalized spacial score (nSPS) is 12.4. The van der Waals surface area contributed by atoms with Crippen LogP contribution in [0.25, 0.3) is 10.2 Å². The van der Waals surface area contributed by atoms with Crippen LogP contribution in [0.3, 0.4) is 0 Å². The Bertz CT molecular complexity index is 1190. The molecule has 0 bridgehead atoms. The van der Waals surface area contributed by atoms with E-state index in [9.17, 15) is 18.0 Å². The molecule has 1 aromatic carbocycles. The van der Waals surface area contributed by atoms with Crippen molar-refractivity contribution in [3.8, 4) is 0 Å². The number of nitrogens with two attached hydrogens (primary N) is 1. The van der Waals surface area contributed by atoms with E-state index >= 15 is 0 Å². The number of nitrogens with zero attached hydrogens (tertiary/aromatic N) is 5. The number of carbonyl (C=O) groups is 2. The predicted molar refractivity (Wildman–Crippen MR) is 98.4 cm³/mol. The van der Waals surface area contributed by atoms with Crippen molar-refractivity contribution in [3.05, 3.63) is 35.7 Å². The third kappa shape index (κ3) is 4.49. The molecule has 3 aromatic rings. The number of benzene rings is 1. The monoisotopic (exact) mass is 424 g/mol. The number of amides is 1. The zero-order chi connectivity index (χ0) is 20.3. The average Bonchev–Trinajstić information content (AvgIpc) is 3.22. The van der Waals surface area contributed by atoms with Gasteiger partial charge in [0.1, 0.15) is 25.7 Å². The van der Waals surface area contributed by atoms with Crippen molar-refractivity contribution in [2.24, 2.45) is 10.1 Å². The second-order valence-electron chi connectivity index (χ2n) is 5.55. The molecule has 11 nitrogen and oxygen atoms in total. The van der Waals surface area contributed by atoms with E-state index < -0.39 is 21.9 Å². The molecular weight excluding hydrogens is 408 g/mol. The number of aromatic nitrogens is 4. The lowest BCUT2D eigenvalue weighted by Gasteiger charge is -2.05. The van der Waals surface area contributed by atoms with Gasteiger partial charge in [-0.3, -0.25) is 9.59 Å². The number of esters is 1. The van der Waals surface area contributed by atoms with E-state index in [1.807, 2.05) is 0 Å². The van der Waals surface area contributed by atoms with Crippen LogP contribution in [0.1, 0.15) is 6.92 Å². The summed E-state index contributed by atoms with van der Waals surface area (Å²) in [6.45, 7) is 1.57. The molecule has 0 saturated heterocycles. The second kappa shape index (κ2) is 8.00. The Labute approximate surface area is 163 Å². The van der Waals surface area contributed by atoms with Crippen molar-refractivity contribution in [3.63, 3.8) is 0 Å². The smallest absolute Gasteiger partial charge is 0.326 e. The van der Waals surface area contributed by atoms with Gasteiger partial charge in [0.25, 0.3) is 5.91 Å². The molecule has 0 aliphatic heterocycles. The highest BCUT2D eigenvalue weighted by Gasteiger charge is 2.15. The third-order valence-electron chi connectivity index (χ3n) is 3.56. The Kier molecular flexibility index (Phi) is 5.67. The number of hydrogen-bond acceptors (Lipinski definition) is 8. The fraction of sp³-hybridized carbons (Fsp3) is 0.267. The highest BCUT2D eigenvalue weighted by Crippen LogP contribution is 2.21. The van der Waals surface area contributed by atoms with E-state index in [1.54, 1.807) is 6.92 Å². The molecule has 0 fully saturated rings. The lowest BCUT2D eigenvalue weighted by Crippen LogP contribution is -2.24. The molecule has 2 aromatic heterocycles. The summed E-state index contributed by atoms with van der Waals surface area (Å²) >= 11 is 1.06. The summed E-state index contributed by atoms with van der Waals surface area (Å²) in [5.74, 6) is -1.02. The molecule has 0 aliphatic rings. The van der Waals surface area contributed by atoms with Crippen molar-refractivity contribution in [2.45, 2.75) is 24.9 Å². The molecule has 0 unspecified atom stereocenters. The van der Waals surface area contributed by atoms with E-state index in [4.69, 9.17) is 9.88 Å². The van der Waals surface area contributed by atoms with Crippen molar-refractivity contribution < 1.29 is 22.7 Å². The zero-order valence-electron chi connectivity index (χ0n) is 14.7. The summed E-state index contributed by atoms with van der Waals surface area (Å²) in [5, 5.41) is 9.01. The van der Waals surface area contributed by atoms with E-state index in [1.165, 1.54) is 40.1 Å². The minimum absolute atomic E-state index is 0.0787. The molecule has 0 spiro atoms. The Morgan fingerprint density at radius 2 is 2.11 bits per heavy atom. The third-order valence-corrected chi connectivity index (χ3v) is 5.51. The maximum absolute atomic E-state index is 12.3. The van der Waals surface area contributed by atoms with Gasteiger partial charge in [-0.25, -0.2) is 23.2 Å². The molecule has 0 atom stereocenters. The fourth-order valence-corrected chi connectivity index (χ4v) is 4.10. The van der Waals surface area contributed by atoms with Crippen LogP contribution < -0.4 is 9.94 Å². The lowest BCUT2D eigenvalue weighted by atomic mass is 10.3. The Morgan fingerprint density at radius 1 is 1.32 bits per heavy atom. The van der Waals surface area contributed by atoms with Gasteiger partial charge in [0.2, 0.25) is 10.0 Å². The highest BCUT2D eigenvalue weighted by atomic mass is 32.2. The number of rotatable bonds is 6. The van der Waals surface area contributed by atoms with Gasteiger partial charge < -0.3 is 9.30 Å². The SMILES string of the molecule is CCOC(=O)Cn1c(=NC(=O)Cn2cncn2)sc2cc(S(N)(=O)=O)ccc21. The number of fused-ring (bicyclic) bond motifs is 1. The van der Waals surface area contributed by atoms with Crippen molar-refractivity contribution in [2.75, 3.05) is 6.61 Å². The van der Waals surface area contributed by atoms with E-state index in [0.717, 1.165) is 11.3 Å². The van der Waals surface area contributed by atoms with E-state index in [2.05, 4.69) is 15.1 Å². The van der Waals surface area contributed by atoms with Crippen LogP contribution in [0.15, 0.2) is 40.7 Å². The summed E-state index contributed by atoms with van der Waals surface area (Å²) in [6, 6.07) is 4.21. The standard InChI is InChI=1S/C15H16N6O5S2/c1-2-26-14(23)7-21-11-4-3-10(28(16,24)25)5-12(11)27-15(21)19-13(22)6-20-9-17-8-18-20/h3-5,8-9H,2,6-7H2,1H3,(H2,16,24,25). The zero-order valence-corrected chi connectivity index (χ0v) is 16.3. The molecule has 0 saturated carbocycles. The van der Waals surface area contributed by atoms with Crippen LogP contribution in [-0.2, 0) is 37.4 Å². The van der Waals surface area contributed by atoms with Crippen LogP contribution in [-0.4, -0.2) is 46.2 Å². The van der Waals surface area contributed by atoms with Crippen molar-refractivity contribution in [1.82, 2.24) is 19.3 Å². The first-order chi connectivity index (χ1) is 13.3. The first-order valence-corrected chi connectivity index (χ1v) is 10.4. The van der Waals surface area contributed by atoms with Gasteiger partial charge in [0, 0.05) is 0 Å². The minimum atomic E-state index is -3.90. The van der Waals surface area contributed by atoms with Crippen LogP contribution in [0.2, 0.25) is 0 Å². The van der Waals surface area contributed by atoms with Crippen molar-refractivity contribution >= 4 is 43.5 Å². The molecule has 28 heavy (non-hydrogen) atoms. The summed E-state index contributed by atoms with van der Waals surface area (Å²) in [4.78, 5) is 32.2. The maximum Gasteiger partial charge on any atom is 0.326 e. The van der Waals surface area contributed by atoms with Gasteiger partial charge in [-0.15, -0.1) is 0 Å². The molecule has 148 valence electrons. The average molecular weight is 424 g/mol. The molecule has 1 amide bonds. The topological polar surface area (TPSA) is 152 Å². The number of carbonyl (C=O) groups excluding carboxylic acids is 2. The number of thiazole rings is 1. The molecule has 3 rings (SSSR count). The van der Waals surface area contributed by atoms with Crippen molar-refractivity contribution in [1.29, 1.82) is 0 Å². The summed E-state index contributed by atoms with van der Waals surface area (Å²) < 4.78 is 31.5. The fourth-order valence-electron chi connectivity index (χ4n) is 2.40. The summed E-state index contributed by atoms with van der Waals surface area (Å²) in [5.41, 5.74) is 0.526. The number of sulfonamides is 1. The second-order valence-corrected chi connectivity index (χ2v) is 8.12.